The summed E-state index contributed by atoms with van der Waals surface area (Å²) in [5.41, 5.74) is 1.94. The SMILES string of the molecule is Cc1cccc(C(NC(=O)c2ccc(F)c(F)c2)c2nccn2C)c1. The average Bonchev–Trinajstić information content (AvgIpc) is 3.00. The number of carbonyl (C=O) groups excluding carboxylic acids is 1. The second kappa shape index (κ2) is 6.84. The van der Waals surface area contributed by atoms with Crippen LogP contribution >= 0.6 is 0 Å². The van der Waals surface area contributed by atoms with Gasteiger partial charge in [0, 0.05) is 25.0 Å². The number of imidazole rings is 1. The lowest BCUT2D eigenvalue weighted by Gasteiger charge is -2.19. The fourth-order valence-electron chi connectivity index (χ4n) is 2.65. The molecule has 1 heterocycles. The Morgan fingerprint density at radius 3 is 2.60 bits per heavy atom. The summed E-state index contributed by atoms with van der Waals surface area (Å²) in [6.07, 6.45) is 3.42. The zero-order chi connectivity index (χ0) is 18.0. The van der Waals surface area contributed by atoms with Crippen molar-refractivity contribution in [2.24, 2.45) is 7.05 Å². The van der Waals surface area contributed by atoms with Crippen LogP contribution in [0.5, 0.6) is 0 Å². The Bertz CT molecular complexity index is 921. The van der Waals surface area contributed by atoms with Gasteiger partial charge in [0.1, 0.15) is 11.9 Å². The molecule has 0 aliphatic heterocycles. The molecular weight excluding hydrogens is 324 g/mol. The Morgan fingerprint density at radius 2 is 1.96 bits per heavy atom. The molecule has 3 aromatic rings. The van der Waals surface area contributed by atoms with Crippen LogP contribution in [0.1, 0.15) is 33.4 Å². The van der Waals surface area contributed by atoms with E-state index in [1.807, 2.05) is 38.2 Å². The second-order valence-electron chi connectivity index (χ2n) is 5.85. The first kappa shape index (κ1) is 16.8. The highest BCUT2D eigenvalue weighted by Gasteiger charge is 2.22. The van der Waals surface area contributed by atoms with Crippen molar-refractivity contribution in [3.8, 4) is 0 Å². The van der Waals surface area contributed by atoms with E-state index in [4.69, 9.17) is 0 Å². The van der Waals surface area contributed by atoms with E-state index in [0.29, 0.717) is 5.82 Å². The van der Waals surface area contributed by atoms with E-state index in [1.165, 1.54) is 6.07 Å². The predicted molar refractivity (Wildman–Crippen MR) is 90.1 cm³/mol. The van der Waals surface area contributed by atoms with Gasteiger partial charge in [-0.25, -0.2) is 13.8 Å². The van der Waals surface area contributed by atoms with Gasteiger partial charge in [-0.1, -0.05) is 29.8 Å². The summed E-state index contributed by atoms with van der Waals surface area (Å²) in [6, 6.07) is 10.2. The number of nitrogens with one attached hydrogen (secondary N) is 1. The normalized spacial score (nSPS) is 12.0. The number of halogens is 2. The maximum atomic E-state index is 13.4. The highest BCUT2D eigenvalue weighted by atomic mass is 19.2. The van der Waals surface area contributed by atoms with Gasteiger partial charge in [0.25, 0.3) is 5.91 Å². The summed E-state index contributed by atoms with van der Waals surface area (Å²) in [4.78, 5) is 16.9. The largest absolute Gasteiger partial charge is 0.338 e. The maximum absolute atomic E-state index is 13.4. The lowest BCUT2D eigenvalue weighted by molar-refractivity contribution is 0.0940. The van der Waals surface area contributed by atoms with E-state index in [-0.39, 0.29) is 5.56 Å². The fraction of sp³-hybridized carbons (Fsp3) is 0.158. The van der Waals surface area contributed by atoms with Gasteiger partial charge in [0.2, 0.25) is 0 Å². The summed E-state index contributed by atoms with van der Waals surface area (Å²) in [5.74, 6) is -1.91. The molecule has 0 saturated carbocycles. The number of benzene rings is 2. The lowest BCUT2D eigenvalue weighted by atomic mass is 10.0. The van der Waals surface area contributed by atoms with Crippen LogP contribution in [0.3, 0.4) is 0 Å². The molecule has 3 rings (SSSR count). The summed E-state index contributed by atoms with van der Waals surface area (Å²) < 4.78 is 28.3. The van der Waals surface area contributed by atoms with Crippen LogP contribution in [0.4, 0.5) is 8.78 Å². The Kier molecular flexibility index (Phi) is 4.61. The molecule has 6 heteroatoms. The molecular formula is C19H17F2N3O. The molecule has 1 aromatic heterocycles. The molecule has 0 radical (unpaired) electrons. The summed E-state index contributed by atoms with van der Waals surface area (Å²) >= 11 is 0. The van der Waals surface area contributed by atoms with Crippen LogP contribution in [-0.2, 0) is 7.05 Å². The number of hydrogen-bond donors (Lipinski definition) is 1. The average molecular weight is 341 g/mol. The first-order valence-electron chi connectivity index (χ1n) is 7.75. The van der Waals surface area contributed by atoms with Gasteiger partial charge in [-0.3, -0.25) is 4.79 Å². The Labute approximate surface area is 144 Å². The topological polar surface area (TPSA) is 46.9 Å². The van der Waals surface area contributed by atoms with Crippen LogP contribution in [0, 0.1) is 18.6 Å². The van der Waals surface area contributed by atoms with Gasteiger partial charge in [-0.15, -0.1) is 0 Å². The highest BCUT2D eigenvalue weighted by molar-refractivity contribution is 5.94. The first-order valence-corrected chi connectivity index (χ1v) is 7.75. The molecule has 4 nitrogen and oxygen atoms in total. The van der Waals surface area contributed by atoms with E-state index in [1.54, 1.807) is 17.0 Å². The number of carbonyl (C=O) groups is 1. The first-order chi connectivity index (χ1) is 12.0. The van der Waals surface area contributed by atoms with Gasteiger partial charge in [-0.05, 0) is 30.7 Å². The molecule has 0 aliphatic rings. The number of rotatable bonds is 4. The van der Waals surface area contributed by atoms with Crippen molar-refractivity contribution >= 4 is 5.91 Å². The number of nitrogens with zero attached hydrogens (tertiary/aromatic N) is 2. The van der Waals surface area contributed by atoms with E-state index in [0.717, 1.165) is 23.3 Å². The van der Waals surface area contributed by atoms with Gasteiger partial charge in [0.05, 0.1) is 0 Å². The van der Waals surface area contributed by atoms with Crippen LogP contribution < -0.4 is 5.32 Å². The van der Waals surface area contributed by atoms with Gasteiger partial charge < -0.3 is 9.88 Å². The van der Waals surface area contributed by atoms with Crippen molar-refractivity contribution in [3.05, 3.63) is 89.0 Å². The fourth-order valence-corrected chi connectivity index (χ4v) is 2.65. The smallest absolute Gasteiger partial charge is 0.252 e. The molecule has 1 amide bonds. The predicted octanol–water partition coefficient (Wildman–Crippen LogP) is 3.53. The van der Waals surface area contributed by atoms with Crippen molar-refractivity contribution in [2.45, 2.75) is 13.0 Å². The van der Waals surface area contributed by atoms with Crippen LogP contribution in [-0.4, -0.2) is 15.5 Å². The van der Waals surface area contributed by atoms with Crippen molar-refractivity contribution in [3.63, 3.8) is 0 Å². The molecule has 0 saturated heterocycles. The molecule has 0 aliphatic carbocycles. The molecule has 0 bridgehead atoms. The van der Waals surface area contributed by atoms with Crippen molar-refractivity contribution < 1.29 is 13.6 Å². The highest BCUT2D eigenvalue weighted by Crippen LogP contribution is 2.22. The van der Waals surface area contributed by atoms with E-state index < -0.39 is 23.6 Å². The zero-order valence-corrected chi connectivity index (χ0v) is 13.8. The van der Waals surface area contributed by atoms with E-state index >= 15 is 0 Å². The second-order valence-corrected chi connectivity index (χ2v) is 5.85. The van der Waals surface area contributed by atoms with Crippen LogP contribution in [0.15, 0.2) is 54.9 Å². The van der Waals surface area contributed by atoms with Gasteiger partial charge in [-0.2, -0.15) is 0 Å². The van der Waals surface area contributed by atoms with Crippen molar-refractivity contribution in [1.29, 1.82) is 0 Å². The number of aryl methyl sites for hydroxylation is 2. The standard InChI is InChI=1S/C19H17F2N3O/c1-12-4-3-5-13(10-12)17(18-22-8-9-24(18)2)23-19(25)14-6-7-15(20)16(21)11-14/h3-11,17H,1-2H3,(H,23,25). The number of amides is 1. The minimum absolute atomic E-state index is 0.0470. The minimum Gasteiger partial charge on any atom is -0.338 e. The molecule has 0 spiro atoms. The summed E-state index contributed by atoms with van der Waals surface area (Å²) in [5, 5.41) is 2.86. The molecule has 1 atom stereocenters. The third-order valence-corrected chi connectivity index (χ3v) is 3.95. The van der Waals surface area contributed by atoms with Gasteiger partial charge >= 0.3 is 0 Å². The molecule has 128 valence electrons. The lowest BCUT2D eigenvalue weighted by Crippen LogP contribution is -2.31. The molecule has 25 heavy (non-hydrogen) atoms. The molecule has 1 N–H and O–H groups in total. The quantitative estimate of drug-likeness (QED) is 0.789. The zero-order valence-electron chi connectivity index (χ0n) is 13.8. The molecule has 2 aromatic carbocycles. The van der Waals surface area contributed by atoms with E-state index in [9.17, 15) is 13.6 Å². The monoisotopic (exact) mass is 341 g/mol. The Hall–Kier alpha value is -3.02. The molecule has 0 fully saturated rings. The van der Waals surface area contributed by atoms with Crippen molar-refractivity contribution in [1.82, 2.24) is 14.9 Å². The van der Waals surface area contributed by atoms with Crippen molar-refractivity contribution in [2.75, 3.05) is 0 Å². The van der Waals surface area contributed by atoms with Gasteiger partial charge in [0.15, 0.2) is 11.6 Å². The third-order valence-electron chi connectivity index (χ3n) is 3.95. The van der Waals surface area contributed by atoms with Crippen LogP contribution in [0.2, 0.25) is 0 Å². The maximum Gasteiger partial charge on any atom is 0.252 e. The Morgan fingerprint density at radius 1 is 1.16 bits per heavy atom. The summed E-state index contributed by atoms with van der Waals surface area (Å²) in [6.45, 7) is 1.95. The van der Waals surface area contributed by atoms with Crippen LogP contribution in [0.25, 0.3) is 0 Å². The van der Waals surface area contributed by atoms with E-state index in [2.05, 4.69) is 10.3 Å². The number of aromatic nitrogens is 2. The number of hydrogen-bond acceptors (Lipinski definition) is 2. The molecule has 1 unspecified atom stereocenters. The Balaban J connectivity index is 1.96. The minimum atomic E-state index is -1.06. The third kappa shape index (κ3) is 3.57. The summed E-state index contributed by atoms with van der Waals surface area (Å²) in [7, 11) is 1.83.